The van der Waals surface area contributed by atoms with E-state index in [4.69, 9.17) is 4.74 Å². The summed E-state index contributed by atoms with van der Waals surface area (Å²) < 4.78 is 5.70. The zero-order valence-corrected chi connectivity index (χ0v) is 15.9. The molecule has 0 saturated carbocycles. The van der Waals surface area contributed by atoms with E-state index in [2.05, 4.69) is 10.6 Å². The van der Waals surface area contributed by atoms with E-state index in [1.165, 1.54) is 0 Å². The number of nitrogens with one attached hydrogen (secondary N) is 2. The zero-order valence-electron chi connectivity index (χ0n) is 15.9. The minimum Gasteiger partial charge on any atom is -0.483 e. The maximum absolute atomic E-state index is 12.8. The Bertz CT molecular complexity index is 954. The summed E-state index contributed by atoms with van der Waals surface area (Å²) >= 11 is 0. The number of fused-ring (bicyclic) bond motifs is 1. The third-order valence-corrected chi connectivity index (χ3v) is 4.32. The number of hydrogen-bond donors (Lipinski definition) is 2. The Morgan fingerprint density at radius 2 is 1.57 bits per heavy atom. The van der Waals surface area contributed by atoms with E-state index in [1.807, 2.05) is 61.5 Å². The molecule has 144 valence electrons. The SMILES string of the molecule is CCCNC(=O)COc1cc2ccccc2cc1C(=O)NCc1ccccc1. The Labute approximate surface area is 164 Å². The van der Waals surface area contributed by atoms with Gasteiger partial charge in [0.1, 0.15) is 5.75 Å². The van der Waals surface area contributed by atoms with Crippen LogP contribution in [0.4, 0.5) is 0 Å². The first-order chi connectivity index (χ1) is 13.7. The molecule has 0 spiro atoms. The van der Waals surface area contributed by atoms with Crippen LogP contribution in [0, 0.1) is 0 Å². The number of hydrogen-bond acceptors (Lipinski definition) is 3. The van der Waals surface area contributed by atoms with Crippen molar-refractivity contribution in [3.05, 3.63) is 77.9 Å². The maximum atomic E-state index is 12.8. The summed E-state index contributed by atoms with van der Waals surface area (Å²) in [4.78, 5) is 24.7. The van der Waals surface area contributed by atoms with Gasteiger partial charge in [-0.15, -0.1) is 0 Å². The Morgan fingerprint density at radius 3 is 2.29 bits per heavy atom. The van der Waals surface area contributed by atoms with Gasteiger partial charge in [0.2, 0.25) is 0 Å². The number of carbonyl (C=O) groups is 2. The molecule has 0 fully saturated rings. The van der Waals surface area contributed by atoms with Gasteiger partial charge in [0, 0.05) is 13.1 Å². The standard InChI is InChI=1S/C23H24N2O3/c1-2-12-24-22(26)16-28-21-14-19-11-7-6-10-18(19)13-20(21)23(27)25-15-17-8-4-3-5-9-17/h3-11,13-14H,2,12,15-16H2,1H3,(H,24,26)(H,25,27). The first-order valence-corrected chi connectivity index (χ1v) is 9.42. The molecule has 0 unspecified atom stereocenters. The largest absolute Gasteiger partial charge is 0.483 e. The molecule has 3 aromatic carbocycles. The number of amides is 2. The average Bonchev–Trinajstić information content (AvgIpc) is 2.74. The molecule has 0 aliphatic rings. The smallest absolute Gasteiger partial charge is 0.257 e. The quantitative estimate of drug-likeness (QED) is 0.630. The van der Waals surface area contributed by atoms with Crippen molar-refractivity contribution in [3.63, 3.8) is 0 Å². The molecule has 5 nitrogen and oxygen atoms in total. The van der Waals surface area contributed by atoms with Crippen LogP contribution in [-0.4, -0.2) is 25.0 Å². The summed E-state index contributed by atoms with van der Waals surface area (Å²) in [5.74, 6) is -0.0415. The maximum Gasteiger partial charge on any atom is 0.257 e. The lowest BCUT2D eigenvalue weighted by Crippen LogP contribution is -2.30. The minimum atomic E-state index is -0.237. The summed E-state index contributed by atoms with van der Waals surface area (Å²) in [7, 11) is 0. The van der Waals surface area contributed by atoms with Gasteiger partial charge in [0.05, 0.1) is 5.56 Å². The summed E-state index contributed by atoms with van der Waals surface area (Å²) in [5.41, 5.74) is 1.43. The van der Waals surface area contributed by atoms with Crippen LogP contribution in [0.3, 0.4) is 0 Å². The highest BCUT2D eigenvalue weighted by Crippen LogP contribution is 2.26. The van der Waals surface area contributed by atoms with Crippen molar-refractivity contribution in [2.45, 2.75) is 19.9 Å². The summed E-state index contributed by atoms with van der Waals surface area (Å²) in [6, 6.07) is 21.1. The van der Waals surface area contributed by atoms with Crippen molar-refractivity contribution in [1.29, 1.82) is 0 Å². The Balaban J connectivity index is 1.79. The van der Waals surface area contributed by atoms with Crippen molar-refractivity contribution in [1.82, 2.24) is 10.6 Å². The van der Waals surface area contributed by atoms with Gasteiger partial charge in [-0.1, -0.05) is 61.5 Å². The van der Waals surface area contributed by atoms with Gasteiger partial charge in [-0.3, -0.25) is 9.59 Å². The predicted octanol–water partition coefficient (Wildman–Crippen LogP) is 3.67. The number of benzene rings is 3. The summed E-state index contributed by atoms with van der Waals surface area (Å²) in [6.45, 7) is 2.88. The number of ether oxygens (including phenoxy) is 1. The number of carbonyl (C=O) groups excluding carboxylic acids is 2. The predicted molar refractivity (Wildman–Crippen MR) is 110 cm³/mol. The first-order valence-electron chi connectivity index (χ1n) is 9.42. The van der Waals surface area contributed by atoms with Crippen molar-refractivity contribution in [2.75, 3.05) is 13.2 Å². The molecule has 28 heavy (non-hydrogen) atoms. The fourth-order valence-electron chi connectivity index (χ4n) is 2.85. The van der Waals surface area contributed by atoms with E-state index in [-0.39, 0.29) is 18.4 Å². The second kappa shape index (κ2) is 9.55. The monoisotopic (exact) mass is 376 g/mol. The normalized spacial score (nSPS) is 10.5. The second-order valence-corrected chi connectivity index (χ2v) is 6.50. The molecule has 0 radical (unpaired) electrons. The molecular formula is C23H24N2O3. The highest BCUT2D eigenvalue weighted by molar-refractivity contribution is 6.01. The van der Waals surface area contributed by atoms with Gasteiger partial charge in [0.25, 0.3) is 11.8 Å². The van der Waals surface area contributed by atoms with Gasteiger partial charge in [-0.2, -0.15) is 0 Å². The van der Waals surface area contributed by atoms with E-state index in [0.717, 1.165) is 22.8 Å². The van der Waals surface area contributed by atoms with E-state index >= 15 is 0 Å². The molecular weight excluding hydrogens is 352 g/mol. The fourth-order valence-corrected chi connectivity index (χ4v) is 2.85. The van der Waals surface area contributed by atoms with Gasteiger partial charge in [0.15, 0.2) is 6.61 Å². The van der Waals surface area contributed by atoms with E-state index in [9.17, 15) is 9.59 Å². The molecule has 0 heterocycles. The molecule has 0 aromatic heterocycles. The van der Waals surface area contributed by atoms with Crippen LogP contribution in [0.15, 0.2) is 66.7 Å². The fraction of sp³-hybridized carbons (Fsp3) is 0.217. The molecule has 0 bridgehead atoms. The van der Waals surface area contributed by atoms with Crippen molar-refractivity contribution >= 4 is 22.6 Å². The molecule has 0 atom stereocenters. The molecule has 3 rings (SSSR count). The van der Waals surface area contributed by atoms with Gasteiger partial charge in [-0.25, -0.2) is 0 Å². The highest BCUT2D eigenvalue weighted by Gasteiger charge is 2.15. The second-order valence-electron chi connectivity index (χ2n) is 6.50. The molecule has 2 N–H and O–H groups in total. The molecule has 2 amide bonds. The average molecular weight is 376 g/mol. The van der Waals surface area contributed by atoms with Crippen LogP contribution < -0.4 is 15.4 Å². The van der Waals surface area contributed by atoms with Crippen LogP contribution in [0.1, 0.15) is 29.3 Å². The van der Waals surface area contributed by atoms with Crippen molar-refractivity contribution < 1.29 is 14.3 Å². The van der Waals surface area contributed by atoms with Gasteiger partial charge < -0.3 is 15.4 Å². The lowest BCUT2D eigenvalue weighted by atomic mass is 10.1. The summed E-state index contributed by atoms with van der Waals surface area (Å²) in [5, 5.41) is 7.58. The zero-order chi connectivity index (χ0) is 19.8. The van der Waals surface area contributed by atoms with Gasteiger partial charge in [-0.05, 0) is 34.9 Å². The minimum absolute atomic E-state index is 0.128. The van der Waals surface area contributed by atoms with Crippen molar-refractivity contribution in [2.24, 2.45) is 0 Å². The number of rotatable bonds is 8. The van der Waals surface area contributed by atoms with Crippen LogP contribution >= 0.6 is 0 Å². The Kier molecular flexibility index (Phi) is 6.63. The molecule has 5 heteroatoms. The lowest BCUT2D eigenvalue weighted by Gasteiger charge is -2.13. The Morgan fingerprint density at radius 1 is 0.893 bits per heavy atom. The van der Waals surface area contributed by atoms with Crippen LogP contribution in [0.2, 0.25) is 0 Å². The van der Waals surface area contributed by atoms with E-state index in [0.29, 0.717) is 24.4 Å². The Hall–Kier alpha value is -3.34. The molecule has 0 saturated heterocycles. The highest BCUT2D eigenvalue weighted by atomic mass is 16.5. The third-order valence-electron chi connectivity index (χ3n) is 4.32. The summed E-state index contributed by atoms with van der Waals surface area (Å²) in [6.07, 6.45) is 0.856. The van der Waals surface area contributed by atoms with Crippen molar-refractivity contribution in [3.8, 4) is 5.75 Å². The molecule has 0 aliphatic heterocycles. The van der Waals surface area contributed by atoms with Crippen LogP contribution in [0.25, 0.3) is 10.8 Å². The molecule has 0 aliphatic carbocycles. The van der Waals surface area contributed by atoms with Crippen LogP contribution in [-0.2, 0) is 11.3 Å². The van der Waals surface area contributed by atoms with Crippen LogP contribution in [0.5, 0.6) is 5.75 Å². The first kappa shape index (κ1) is 19.4. The van der Waals surface area contributed by atoms with E-state index in [1.54, 1.807) is 12.1 Å². The topological polar surface area (TPSA) is 67.4 Å². The lowest BCUT2D eigenvalue weighted by molar-refractivity contribution is -0.123. The molecule has 3 aromatic rings. The van der Waals surface area contributed by atoms with Gasteiger partial charge >= 0.3 is 0 Å². The third kappa shape index (κ3) is 5.10. The van der Waals surface area contributed by atoms with E-state index < -0.39 is 0 Å².